The van der Waals surface area contributed by atoms with Crippen molar-refractivity contribution in [3.8, 4) is 0 Å². The smallest absolute Gasteiger partial charge is 0.293 e. The van der Waals surface area contributed by atoms with Gasteiger partial charge in [0, 0.05) is 12.6 Å². The van der Waals surface area contributed by atoms with Gasteiger partial charge in [0.15, 0.2) is 0 Å². The summed E-state index contributed by atoms with van der Waals surface area (Å²) in [5, 5.41) is 18.8. The van der Waals surface area contributed by atoms with Gasteiger partial charge in [-0.2, -0.15) is 0 Å². The molecule has 1 aromatic rings. The number of rotatable bonds is 3. The van der Waals surface area contributed by atoms with Crippen LogP contribution in [0.2, 0.25) is 0 Å². The number of hydrogen-bond donors (Lipinski definition) is 3. The van der Waals surface area contributed by atoms with Gasteiger partial charge in [0.05, 0.1) is 11.5 Å². The van der Waals surface area contributed by atoms with E-state index in [1.807, 2.05) is 0 Å². The van der Waals surface area contributed by atoms with E-state index in [-0.39, 0.29) is 30.4 Å². The van der Waals surface area contributed by atoms with Gasteiger partial charge >= 0.3 is 0 Å². The molecule has 1 unspecified atom stereocenters. The summed E-state index contributed by atoms with van der Waals surface area (Å²) in [6.07, 6.45) is 0. The number of nitro benzene ring substituents is 1. The van der Waals surface area contributed by atoms with Crippen molar-refractivity contribution in [2.24, 2.45) is 0 Å². The van der Waals surface area contributed by atoms with Crippen molar-refractivity contribution < 1.29 is 14.5 Å². The van der Waals surface area contributed by atoms with Crippen LogP contribution >= 0.6 is 0 Å². The molecule has 2 amide bonds. The Kier molecular flexibility index (Phi) is 3.94. The minimum Gasteiger partial charge on any atom is -0.353 e. The topological polar surface area (TPSA) is 113 Å². The third-order valence-electron chi connectivity index (χ3n) is 2.94. The molecule has 106 valence electrons. The first-order chi connectivity index (χ1) is 9.47. The van der Waals surface area contributed by atoms with Crippen LogP contribution in [-0.2, 0) is 9.59 Å². The van der Waals surface area contributed by atoms with E-state index in [1.54, 1.807) is 13.0 Å². The predicted molar refractivity (Wildman–Crippen MR) is 71.3 cm³/mol. The van der Waals surface area contributed by atoms with Crippen molar-refractivity contribution in [3.05, 3.63) is 33.9 Å². The third kappa shape index (κ3) is 3.09. The molecule has 0 radical (unpaired) electrons. The van der Waals surface area contributed by atoms with Crippen LogP contribution in [0.1, 0.15) is 5.56 Å². The zero-order chi connectivity index (χ0) is 14.7. The Morgan fingerprint density at radius 1 is 1.50 bits per heavy atom. The molecule has 0 aromatic heterocycles. The third-order valence-corrected chi connectivity index (χ3v) is 2.94. The molecule has 1 heterocycles. The second-order valence-corrected chi connectivity index (χ2v) is 4.50. The van der Waals surface area contributed by atoms with Crippen molar-refractivity contribution >= 4 is 23.2 Å². The number of carbonyl (C=O) groups excluding carboxylic acids is 2. The molecule has 3 N–H and O–H groups in total. The number of benzene rings is 1. The fraction of sp³-hybridized carbons (Fsp3) is 0.333. The molecule has 0 bridgehead atoms. The van der Waals surface area contributed by atoms with Crippen molar-refractivity contribution in [2.45, 2.75) is 13.0 Å². The quantitative estimate of drug-likeness (QED) is 0.529. The molecule has 20 heavy (non-hydrogen) atoms. The van der Waals surface area contributed by atoms with Crippen molar-refractivity contribution in [1.29, 1.82) is 0 Å². The highest BCUT2D eigenvalue weighted by Crippen LogP contribution is 2.25. The predicted octanol–water partition coefficient (Wildman–Crippen LogP) is -0.0703. The summed E-state index contributed by atoms with van der Waals surface area (Å²) < 4.78 is 0. The lowest BCUT2D eigenvalue weighted by atomic mass is 10.1. The van der Waals surface area contributed by atoms with E-state index >= 15 is 0 Å². The van der Waals surface area contributed by atoms with Crippen LogP contribution in [0.15, 0.2) is 18.2 Å². The molecule has 1 saturated heterocycles. The number of amides is 2. The Hall–Kier alpha value is -2.48. The summed E-state index contributed by atoms with van der Waals surface area (Å²) in [5.41, 5.74) is 0.722. The summed E-state index contributed by atoms with van der Waals surface area (Å²) >= 11 is 0. The molecule has 1 atom stereocenters. The maximum Gasteiger partial charge on any atom is 0.293 e. The monoisotopic (exact) mass is 278 g/mol. The van der Waals surface area contributed by atoms with Crippen molar-refractivity contribution in [3.63, 3.8) is 0 Å². The van der Waals surface area contributed by atoms with E-state index in [0.717, 1.165) is 5.56 Å². The van der Waals surface area contributed by atoms with Crippen molar-refractivity contribution in [2.75, 3.05) is 18.4 Å². The van der Waals surface area contributed by atoms with Gasteiger partial charge in [-0.25, -0.2) is 0 Å². The van der Waals surface area contributed by atoms with Gasteiger partial charge in [-0.15, -0.1) is 0 Å². The van der Waals surface area contributed by atoms with Crippen LogP contribution in [0.25, 0.3) is 0 Å². The molecule has 0 spiro atoms. The SMILES string of the molecule is Cc1ccc(NC(=O)C2CNC(=O)CN2)c([N+](=O)[O-])c1. The number of nitrogens with one attached hydrogen (secondary N) is 3. The fourth-order valence-electron chi connectivity index (χ4n) is 1.87. The van der Waals surface area contributed by atoms with E-state index in [2.05, 4.69) is 16.0 Å². The average molecular weight is 278 g/mol. The molecule has 8 heteroatoms. The highest BCUT2D eigenvalue weighted by Gasteiger charge is 2.25. The fourth-order valence-corrected chi connectivity index (χ4v) is 1.87. The zero-order valence-corrected chi connectivity index (χ0v) is 10.8. The number of piperazine rings is 1. The first-order valence-electron chi connectivity index (χ1n) is 6.03. The highest BCUT2D eigenvalue weighted by atomic mass is 16.6. The number of aryl methyl sites for hydroxylation is 1. The Morgan fingerprint density at radius 2 is 2.25 bits per heavy atom. The molecule has 2 rings (SSSR count). The second kappa shape index (κ2) is 5.66. The highest BCUT2D eigenvalue weighted by molar-refractivity contribution is 5.98. The minimum atomic E-state index is -0.603. The normalized spacial score (nSPS) is 18.2. The van der Waals surface area contributed by atoms with Gasteiger partial charge in [-0.3, -0.25) is 25.0 Å². The summed E-state index contributed by atoms with van der Waals surface area (Å²) in [5.74, 6) is -0.604. The van der Waals surface area contributed by atoms with E-state index in [9.17, 15) is 19.7 Å². The summed E-state index contributed by atoms with van der Waals surface area (Å²) in [7, 11) is 0. The van der Waals surface area contributed by atoms with Gasteiger partial charge in [0.1, 0.15) is 11.7 Å². The van der Waals surface area contributed by atoms with E-state index < -0.39 is 16.9 Å². The molecule has 1 aliphatic rings. The Morgan fingerprint density at radius 3 is 2.85 bits per heavy atom. The Balaban J connectivity index is 2.11. The maximum atomic E-state index is 12.0. The van der Waals surface area contributed by atoms with Crippen LogP contribution < -0.4 is 16.0 Å². The lowest BCUT2D eigenvalue weighted by molar-refractivity contribution is -0.384. The number of carbonyl (C=O) groups is 2. The summed E-state index contributed by atoms with van der Waals surface area (Å²) in [4.78, 5) is 33.4. The number of nitro groups is 1. The van der Waals surface area contributed by atoms with Crippen LogP contribution in [0.3, 0.4) is 0 Å². The number of hydrogen-bond acceptors (Lipinski definition) is 5. The average Bonchev–Trinajstić information content (AvgIpc) is 2.41. The Labute approximate surface area is 114 Å². The lowest BCUT2D eigenvalue weighted by Gasteiger charge is -2.23. The van der Waals surface area contributed by atoms with Gasteiger partial charge in [-0.05, 0) is 18.6 Å². The second-order valence-electron chi connectivity index (χ2n) is 4.50. The van der Waals surface area contributed by atoms with Gasteiger partial charge in [0.2, 0.25) is 11.8 Å². The minimum absolute atomic E-state index is 0.0497. The van der Waals surface area contributed by atoms with Crippen LogP contribution in [-0.4, -0.2) is 35.9 Å². The summed E-state index contributed by atoms with van der Waals surface area (Å²) in [6.45, 7) is 1.94. The molecular weight excluding hydrogens is 264 g/mol. The molecule has 0 aliphatic carbocycles. The maximum absolute atomic E-state index is 12.0. The molecule has 0 saturated carbocycles. The largest absolute Gasteiger partial charge is 0.353 e. The van der Waals surface area contributed by atoms with Crippen LogP contribution in [0, 0.1) is 17.0 Å². The molecular formula is C12H14N4O4. The van der Waals surface area contributed by atoms with E-state index in [4.69, 9.17) is 0 Å². The first kappa shape index (κ1) is 13.9. The van der Waals surface area contributed by atoms with Crippen LogP contribution in [0.5, 0.6) is 0 Å². The number of nitrogens with zero attached hydrogens (tertiary/aromatic N) is 1. The van der Waals surface area contributed by atoms with Gasteiger partial charge < -0.3 is 10.6 Å². The first-order valence-corrected chi connectivity index (χ1v) is 6.03. The van der Waals surface area contributed by atoms with Gasteiger partial charge in [0.25, 0.3) is 5.69 Å². The molecule has 1 aromatic carbocycles. The molecule has 1 fully saturated rings. The zero-order valence-electron chi connectivity index (χ0n) is 10.8. The van der Waals surface area contributed by atoms with Crippen molar-refractivity contribution in [1.82, 2.24) is 10.6 Å². The van der Waals surface area contributed by atoms with E-state index in [0.29, 0.717) is 0 Å². The van der Waals surface area contributed by atoms with Gasteiger partial charge in [-0.1, -0.05) is 6.07 Å². The van der Waals surface area contributed by atoms with Crippen LogP contribution in [0.4, 0.5) is 11.4 Å². The standard InChI is InChI=1S/C12H14N4O4/c1-7-2-3-8(10(4-7)16(19)20)15-12(18)9-5-14-11(17)6-13-9/h2-4,9,13H,5-6H2,1H3,(H,14,17)(H,15,18). The lowest BCUT2D eigenvalue weighted by Crippen LogP contribution is -2.56. The number of anilines is 1. The molecule has 1 aliphatic heterocycles. The summed E-state index contributed by atoms with van der Waals surface area (Å²) in [6, 6.07) is 3.96. The van der Waals surface area contributed by atoms with E-state index in [1.165, 1.54) is 12.1 Å². The Bertz CT molecular complexity index is 563. The molecule has 8 nitrogen and oxygen atoms in total.